The summed E-state index contributed by atoms with van der Waals surface area (Å²) < 4.78 is 47.8. The maximum Gasteiger partial charge on any atom is 0.435 e. The molecular weight excluding hydrogens is 546 g/mol. The molecule has 7 nitrogen and oxygen atoms in total. The molecule has 198 valence electrons. The summed E-state index contributed by atoms with van der Waals surface area (Å²) in [6.45, 7) is 1.48. The standard InChI is InChI=1S/C26H20Cl2F3N3O4/c1-15-11-16(6-8-19(15)23(35)34(2)24(36)37-14-18-5-3-4-10-32-18)22-13-25(38-33-22,26(29,30)31)17-7-9-20(27)21(28)12-17/h3-12H,13-14H2,1-2H3. The third-order valence-electron chi connectivity index (χ3n) is 6.01. The van der Waals surface area contributed by atoms with Gasteiger partial charge in [-0.3, -0.25) is 9.78 Å². The Morgan fingerprint density at radius 1 is 1.11 bits per heavy atom. The van der Waals surface area contributed by atoms with E-state index in [1.54, 1.807) is 31.3 Å². The van der Waals surface area contributed by atoms with Crippen LogP contribution in [0.25, 0.3) is 0 Å². The molecule has 38 heavy (non-hydrogen) atoms. The molecule has 2 heterocycles. The van der Waals surface area contributed by atoms with Crippen LogP contribution in [-0.4, -0.2) is 40.8 Å². The smallest absolute Gasteiger partial charge is 0.435 e. The Morgan fingerprint density at radius 3 is 2.50 bits per heavy atom. The summed E-state index contributed by atoms with van der Waals surface area (Å²) in [7, 11) is 1.26. The maximum absolute atomic E-state index is 14.2. The van der Waals surface area contributed by atoms with Crippen LogP contribution in [-0.2, 0) is 21.8 Å². The number of carbonyl (C=O) groups excluding carboxylic acids is 2. The highest BCUT2D eigenvalue weighted by Gasteiger charge is 2.62. The summed E-state index contributed by atoms with van der Waals surface area (Å²) in [4.78, 5) is 35.1. The molecule has 0 bridgehead atoms. The molecule has 0 spiro atoms. The molecule has 1 unspecified atom stereocenters. The Bertz CT molecular complexity index is 1420. The van der Waals surface area contributed by atoms with Gasteiger partial charge in [0.25, 0.3) is 11.5 Å². The zero-order chi connectivity index (χ0) is 27.7. The first-order valence-corrected chi connectivity index (χ1v) is 11.9. The van der Waals surface area contributed by atoms with Crippen LogP contribution in [0.1, 0.15) is 39.2 Å². The number of aromatic nitrogens is 1. The fourth-order valence-electron chi connectivity index (χ4n) is 3.87. The van der Waals surface area contributed by atoms with Gasteiger partial charge < -0.3 is 9.57 Å². The van der Waals surface area contributed by atoms with Gasteiger partial charge >= 0.3 is 12.3 Å². The second-order valence-electron chi connectivity index (χ2n) is 8.53. The van der Waals surface area contributed by atoms with E-state index in [0.717, 1.165) is 11.0 Å². The van der Waals surface area contributed by atoms with Crippen LogP contribution >= 0.6 is 23.2 Å². The Morgan fingerprint density at radius 2 is 1.87 bits per heavy atom. The van der Waals surface area contributed by atoms with Crippen molar-refractivity contribution in [1.29, 1.82) is 0 Å². The summed E-state index contributed by atoms with van der Waals surface area (Å²) >= 11 is 11.8. The van der Waals surface area contributed by atoms with E-state index >= 15 is 0 Å². The predicted molar refractivity (Wildman–Crippen MR) is 134 cm³/mol. The molecule has 0 N–H and O–H groups in total. The highest BCUT2D eigenvalue weighted by molar-refractivity contribution is 6.42. The number of hydrogen-bond donors (Lipinski definition) is 0. The third kappa shape index (κ3) is 5.32. The van der Waals surface area contributed by atoms with E-state index in [-0.39, 0.29) is 33.5 Å². The minimum atomic E-state index is -4.82. The Hall–Kier alpha value is -3.63. The van der Waals surface area contributed by atoms with Crippen LogP contribution in [0.15, 0.2) is 65.9 Å². The second kappa shape index (κ2) is 10.6. The Balaban J connectivity index is 1.51. The molecule has 0 aliphatic carbocycles. The van der Waals surface area contributed by atoms with Gasteiger partial charge in [-0.25, -0.2) is 9.69 Å². The monoisotopic (exact) mass is 565 g/mol. The number of pyridine rings is 1. The molecule has 2 aromatic carbocycles. The van der Waals surface area contributed by atoms with Crippen LogP contribution in [0.5, 0.6) is 0 Å². The number of oxime groups is 1. The van der Waals surface area contributed by atoms with Crippen molar-refractivity contribution < 1.29 is 32.3 Å². The first-order chi connectivity index (χ1) is 17.9. The number of alkyl halides is 3. The summed E-state index contributed by atoms with van der Waals surface area (Å²) in [6, 6.07) is 13.0. The van der Waals surface area contributed by atoms with Crippen molar-refractivity contribution >= 4 is 40.9 Å². The lowest BCUT2D eigenvalue weighted by Gasteiger charge is -2.29. The number of carbonyl (C=O) groups is 2. The molecule has 4 rings (SSSR count). The van der Waals surface area contributed by atoms with Crippen molar-refractivity contribution in [1.82, 2.24) is 9.88 Å². The fraction of sp³-hybridized carbons (Fsp3) is 0.231. The highest BCUT2D eigenvalue weighted by Crippen LogP contribution is 2.49. The van der Waals surface area contributed by atoms with E-state index in [9.17, 15) is 22.8 Å². The van der Waals surface area contributed by atoms with E-state index in [1.807, 2.05) is 0 Å². The first kappa shape index (κ1) is 27.4. The van der Waals surface area contributed by atoms with Gasteiger partial charge in [0.05, 0.1) is 21.5 Å². The lowest BCUT2D eigenvalue weighted by molar-refractivity contribution is -0.275. The van der Waals surface area contributed by atoms with E-state index in [1.165, 1.54) is 37.4 Å². The van der Waals surface area contributed by atoms with Crippen LogP contribution in [0.3, 0.4) is 0 Å². The van der Waals surface area contributed by atoms with Gasteiger partial charge in [0.2, 0.25) is 0 Å². The summed E-state index contributed by atoms with van der Waals surface area (Å²) in [5.74, 6) is -0.648. The minimum absolute atomic E-state index is 0.0265. The predicted octanol–water partition coefficient (Wildman–Crippen LogP) is 6.69. The summed E-state index contributed by atoms with van der Waals surface area (Å²) in [5.41, 5.74) is -1.55. The van der Waals surface area contributed by atoms with Gasteiger partial charge in [-0.05, 0) is 54.4 Å². The van der Waals surface area contributed by atoms with Gasteiger partial charge in [-0.15, -0.1) is 0 Å². The SMILES string of the molecule is Cc1cc(C2=NOC(c3ccc(Cl)c(Cl)c3)(C(F)(F)F)C2)ccc1C(=O)N(C)C(=O)OCc1ccccn1. The number of imide groups is 1. The molecule has 1 atom stereocenters. The van der Waals surface area contributed by atoms with Crippen LogP contribution in [0.4, 0.5) is 18.0 Å². The molecule has 0 saturated heterocycles. The number of benzene rings is 2. The largest absolute Gasteiger partial charge is 0.443 e. The minimum Gasteiger partial charge on any atom is -0.443 e. The molecule has 3 aromatic rings. The first-order valence-electron chi connectivity index (χ1n) is 11.2. The highest BCUT2D eigenvalue weighted by atomic mass is 35.5. The van der Waals surface area contributed by atoms with E-state index in [2.05, 4.69) is 10.1 Å². The van der Waals surface area contributed by atoms with E-state index in [4.69, 9.17) is 32.8 Å². The van der Waals surface area contributed by atoms with Gasteiger partial charge in [-0.1, -0.05) is 46.6 Å². The van der Waals surface area contributed by atoms with Gasteiger partial charge in [0.15, 0.2) is 0 Å². The second-order valence-corrected chi connectivity index (χ2v) is 9.34. The van der Waals surface area contributed by atoms with Crippen molar-refractivity contribution in [2.45, 2.75) is 31.7 Å². The van der Waals surface area contributed by atoms with Crippen molar-refractivity contribution in [3.05, 3.63) is 98.8 Å². The number of nitrogens with zero attached hydrogens (tertiary/aromatic N) is 3. The molecule has 12 heteroatoms. The number of amides is 2. The molecule has 2 amide bonds. The third-order valence-corrected chi connectivity index (χ3v) is 6.75. The van der Waals surface area contributed by atoms with E-state index < -0.39 is 30.2 Å². The Kier molecular flexibility index (Phi) is 7.66. The normalized spacial score (nSPS) is 17.0. The average molecular weight is 566 g/mol. The Labute approximate surface area is 225 Å². The van der Waals surface area contributed by atoms with Crippen molar-refractivity contribution in [3.63, 3.8) is 0 Å². The van der Waals surface area contributed by atoms with Crippen LogP contribution < -0.4 is 0 Å². The zero-order valence-electron chi connectivity index (χ0n) is 20.1. The number of aryl methyl sites for hydroxylation is 1. The average Bonchev–Trinajstić information content (AvgIpc) is 3.36. The topological polar surface area (TPSA) is 81.1 Å². The summed E-state index contributed by atoms with van der Waals surface area (Å²) in [6.07, 6.45) is -4.78. The lowest BCUT2D eigenvalue weighted by atomic mass is 9.86. The molecule has 1 aliphatic heterocycles. The molecule has 0 radical (unpaired) electrons. The molecule has 0 saturated carbocycles. The van der Waals surface area contributed by atoms with Crippen LogP contribution in [0, 0.1) is 6.92 Å². The van der Waals surface area contributed by atoms with E-state index in [0.29, 0.717) is 16.8 Å². The number of rotatable bonds is 5. The maximum atomic E-state index is 14.2. The molecule has 0 fully saturated rings. The summed E-state index contributed by atoms with van der Waals surface area (Å²) in [5, 5.41) is 3.79. The van der Waals surface area contributed by atoms with Crippen molar-refractivity contribution in [2.75, 3.05) is 7.05 Å². The van der Waals surface area contributed by atoms with Crippen molar-refractivity contribution in [3.8, 4) is 0 Å². The molecular formula is C26H20Cl2F3N3O4. The number of halogens is 5. The van der Waals surface area contributed by atoms with Gasteiger partial charge in [0.1, 0.15) is 6.61 Å². The molecule has 1 aromatic heterocycles. The quantitative estimate of drug-likeness (QED) is 0.344. The fourth-order valence-corrected chi connectivity index (χ4v) is 4.17. The molecule has 1 aliphatic rings. The van der Waals surface area contributed by atoms with Gasteiger partial charge in [0, 0.05) is 30.8 Å². The zero-order valence-corrected chi connectivity index (χ0v) is 21.6. The van der Waals surface area contributed by atoms with Crippen molar-refractivity contribution in [2.24, 2.45) is 5.16 Å². The van der Waals surface area contributed by atoms with Crippen LogP contribution in [0.2, 0.25) is 10.0 Å². The lowest BCUT2D eigenvalue weighted by Crippen LogP contribution is -2.42. The number of hydrogen-bond acceptors (Lipinski definition) is 6. The number of ether oxygens (including phenoxy) is 1. The van der Waals surface area contributed by atoms with Gasteiger partial charge in [-0.2, -0.15) is 13.2 Å².